The van der Waals surface area contributed by atoms with Gasteiger partial charge in [0.2, 0.25) is 5.91 Å². The zero-order chi connectivity index (χ0) is 19.9. The number of nitrogens with zero attached hydrogens (tertiary/aromatic N) is 1. The van der Waals surface area contributed by atoms with Gasteiger partial charge >= 0.3 is 6.36 Å². The van der Waals surface area contributed by atoms with Crippen molar-refractivity contribution in [3.05, 3.63) is 24.3 Å². The summed E-state index contributed by atoms with van der Waals surface area (Å²) in [5.74, 6) is 0.0601. The molecule has 1 aromatic carbocycles. The molecule has 0 radical (unpaired) electrons. The molecule has 5 atom stereocenters. The topological polar surface area (TPSA) is 53.6 Å². The van der Waals surface area contributed by atoms with E-state index in [1.54, 1.807) is 12.1 Å². The first-order valence-electron chi connectivity index (χ1n) is 9.57. The summed E-state index contributed by atoms with van der Waals surface area (Å²) >= 11 is 0. The van der Waals surface area contributed by atoms with Gasteiger partial charge in [-0.25, -0.2) is 4.39 Å². The zero-order valence-electron chi connectivity index (χ0n) is 15.2. The number of alkyl halides is 4. The van der Waals surface area contributed by atoms with E-state index in [0.717, 1.165) is 12.8 Å². The summed E-state index contributed by atoms with van der Waals surface area (Å²) in [6, 6.07) is 5.59. The van der Waals surface area contributed by atoms with Gasteiger partial charge in [-0.3, -0.25) is 4.79 Å². The van der Waals surface area contributed by atoms with Gasteiger partial charge in [0.1, 0.15) is 6.17 Å². The maximum atomic E-state index is 13.3. The number of benzene rings is 1. The zero-order valence-corrected chi connectivity index (χ0v) is 15.2. The Morgan fingerprint density at radius 1 is 1.21 bits per heavy atom. The molecule has 2 saturated heterocycles. The number of amides is 1. The van der Waals surface area contributed by atoms with Crippen molar-refractivity contribution in [2.45, 2.75) is 43.9 Å². The predicted molar refractivity (Wildman–Crippen MR) is 94.8 cm³/mol. The van der Waals surface area contributed by atoms with Gasteiger partial charge in [0.05, 0.1) is 11.7 Å². The van der Waals surface area contributed by atoms with Gasteiger partial charge in [-0.1, -0.05) is 12.1 Å². The van der Waals surface area contributed by atoms with Crippen LogP contribution in [0.2, 0.25) is 0 Å². The molecule has 1 aliphatic carbocycles. The number of halogens is 4. The van der Waals surface area contributed by atoms with Gasteiger partial charge in [-0.2, -0.15) is 0 Å². The average molecular weight is 401 g/mol. The average Bonchev–Trinajstić information content (AvgIpc) is 3.31. The molecule has 154 valence electrons. The van der Waals surface area contributed by atoms with Crippen molar-refractivity contribution in [2.24, 2.45) is 11.8 Å². The second-order valence-electron chi connectivity index (χ2n) is 7.83. The van der Waals surface area contributed by atoms with Crippen molar-refractivity contribution in [3.63, 3.8) is 0 Å². The van der Waals surface area contributed by atoms with Crippen LogP contribution in [0.1, 0.15) is 19.3 Å². The second kappa shape index (κ2) is 7.42. The smallest absolute Gasteiger partial charge is 0.404 e. The summed E-state index contributed by atoms with van der Waals surface area (Å²) in [6.45, 7) is 1.37. The maximum absolute atomic E-state index is 13.3. The number of hydrogen-bond donors (Lipinski definition) is 2. The number of ether oxygens (including phenoxy) is 1. The van der Waals surface area contributed by atoms with Gasteiger partial charge in [0.15, 0.2) is 5.75 Å². The minimum Gasteiger partial charge on any atom is -0.404 e. The molecule has 5 nitrogen and oxygen atoms in total. The van der Waals surface area contributed by atoms with Crippen LogP contribution in [0.4, 0.5) is 23.2 Å². The first kappa shape index (κ1) is 19.3. The molecule has 0 aromatic heterocycles. The van der Waals surface area contributed by atoms with Crippen molar-refractivity contribution in [3.8, 4) is 5.75 Å². The lowest BCUT2D eigenvalue weighted by Crippen LogP contribution is -2.47. The molecule has 3 fully saturated rings. The van der Waals surface area contributed by atoms with E-state index < -0.39 is 18.6 Å². The van der Waals surface area contributed by atoms with Crippen LogP contribution in [0.5, 0.6) is 5.75 Å². The Balaban J connectivity index is 1.42. The van der Waals surface area contributed by atoms with E-state index in [-0.39, 0.29) is 36.6 Å². The minimum atomic E-state index is -4.75. The van der Waals surface area contributed by atoms with Gasteiger partial charge in [0.25, 0.3) is 0 Å². The number of para-hydroxylation sites is 2. The highest BCUT2D eigenvalue weighted by Crippen LogP contribution is 2.43. The number of fused-ring (bicyclic) bond motifs is 1. The van der Waals surface area contributed by atoms with Gasteiger partial charge in [-0.05, 0) is 30.9 Å². The number of carbonyl (C=O) groups excluding carboxylic acids is 1. The lowest BCUT2D eigenvalue weighted by Gasteiger charge is -2.25. The Labute approximate surface area is 160 Å². The van der Waals surface area contributed by atoms with Crippen molar-refractivity contribution in [2.75, 3.05) is 24.5 Å². The molecule has 1 amide bonds. The molecule has 28 heavy (non-hydrogen) atoms. The van der Waals surface area contributed by atoms with E-state index in [9.17, 15) is 22.4 Å². The normalized spacial score (nSPS) is 32.4. The monoisotopic (exact) mass is 401 g/mol. The maximum Gasteiger partial charge on any atom is 0.573 e. The molecule has 2 heterocycles. The van der Waals surface area contributed by atoms with Crippen LogP contribution in [-0.2, 0) is 4.79 Å². The third-order valence-electron chi connectivity index (χ3n) is 6.01. The van der Waals surface area contributed by atoms with Gasteiger partial charge < -0.3 is 20.3 Å². The first-order chi connectivity index (χ1) is 13.3. The summed E-state index contributed by atoms with van der Waals surface area (Å²) in [7, 11) is 0. The molecule has 0 bridgehead atoms. The Hall–Kier alpha value is -2.03. The molecular weight excluding hydrogens is 378 g/mol. The van der Waals surface area contributed by atoms with Crippen molar-refractivity contribution in [1.29, 1.82) is 0 Å². The highest BCUT2D eigenvalue weighted by molar-refractivity contribution is 5.82. The van der Waals surface area contributed by atoms with E-state index >= 15 is 0 Å². The number of hydrogen-bond acceptors (Lipinski definition) is 4. The summed E-state index contributed by atoms with van der Waals surface area (Å²) in [5.41, 5.74) is 0.414. The van der Waals surface area contributed by atoms with Gasteiger partial charge in [0, 0.05) is 38.0 Å². The Morgan fingerprint density at radius 2 is 2.00 bits per heavy atom. The number of carbonyl (C=O) groups is 1. The fraction of sp³-hybridized carbons (Fsp3) is 0.632. The standard InChI is InChI=1S/C19H23F4N3O2/c20-12-7-15(24-8-12)18(27)25-14-6-5-11-9-26(10-13(11)14)16-3-1-2-4-17(16)28-19(21,22)23/h1-4,11-15,24H,5-10H2,(H,25,27)/t11-,12-,13+,14+,15+/m1/s1. The quantitative estimate of drug-likeness (QED) is 0.762. The van der Waals surface area contributed by atoms with Crippen LogP contribution in [0.3, 0.4) is 0 Å². The van der Waals surface area contributed by atoms with Gasteiger partial charge in [-0.15, -0.1) is 13.2 Å². The Bertz CT molecular complexity index is 729. The van der Waals surface area contributed by atoms with Crippen LogP contribution in [-0.4, -0.2) is 50.2 Å². The first-order valence-corrected chi connectivity index (χ1v) is 9.57. The number of rotatable bonds is 4. The summed E-state index contributed by atoms with van der Waals surface area (Å²) in [4.78, 5) is 14.3. The molecule has 0 unspecified atom stereocenters. The third kappa shape index (κ3) is 4.04. The van der Waals surface area contributed by atoms with E-state index in [1.807, 2.05) is 4.90 Å². The second-order valence-corrected chi connectivity index (χ2v) is 7.83. The molecule has 0 spiro atoms. The molecule has 2 aliphatic heterocycles. The van der Waals surface area contributed by atoms with Crippen LogP contribution >= 0.6 is 0 Å². The highest BCUT2D eigenvalue weighted by Gasteiger charge is 2.45. The van der Waals surface area contributed by atoms with Crippen LogP contribution in [0, 0.1) is 11.8 Å². The lowest BCUT2D eigenvalue weighted by molar-refractivity contribution is -0.274. The fourth-order valence-corrected chi connectivity index (χ4v) is 4.75. The van der Waals surface area contributed by atoms with Crippen LogP contribution in [0.15, 0.2) is 24.3 Å². The van der Waals surface area contributed by atoms with Crippen molar-refractivity contribution >= 4 is 11.6 Å². The number of anilines is 1. The lowest BCUT2D eigenvalue weighted by atomic mass is 9.97. The minimum absolute atomic E-state index is 0.0429. The SMILES string of the molecule is O=C(N[C@H]1CC[C@@H]2CN(c3ccccc3OC(F)(F)F)C[C@@H]21)[C@@H]1C[C@@H](F)CN1. The summed E-state index contributed by atoms with van der Waals surface area (Å²) < 4.78 is 55.6. The molecular formula is C19H23F4N3O2. The van der Waals surface area contributed by atoms with Crippen LogP contribution < -0.4 is 20.3 Å². The Morgan fingerprint density at radius 3 is 2.71 bits per heavy atom. The fourth-order valence-electron chi connectivity index (χ4n) is 4.75. The third-order valence-corrected chi connectivity index (χ3v) is 6.01. The Kier molecular flexibility index (Phi) is 5.11. The molecule has 9 heteroatoms. The van der Waals surface area contributed by atoms with Crippen LogP contribution in [0.25, 0.3) is 0 Å². The van der Waals surface area contributed by atoms with E-state index in [2.05, 4.69) is 15.4 Å². The largest absolute Gasteiger partial charge is 0.573 e. The number of nitrogens with one attached hydrogen (secondary N) is 2. The van der Waals surface area contributed by atoms with E-state index in [0.29, 0.717) is 24.7 Å². The van der Waals surface area contributed by atoms with Crippen molar-refractivity contribution < 1.29 is 27.1 Å². The molecule has 4 rings (SSSR count). The molecule has 1 aromatic rings. The predicted octanol–water partition coefficient (Wildman–Crippen LogP) is 2.62. The highest BCUT2D eigenvalue weighted by atomic mass is 19.4. The van der Waals surface area contributed by atoms with E-state index in [4.69, 9.17) is 0 Å². The van der Waals surface area contributed by atoms with Crippen molar-refractivity contribution in [1.82, 2.24) is 10.6 Å². The summed E-state index contributed by atoms with van der Waals surface area (Å²) in [5, 5.41) is 5.91. The molecule has 2 N–H and O–H groups in total. The van der Waals surface area contributed by atoms with E-state index in [1.165, 1.54) is 12.1 Å². The molecule has 1 saturated carbocycles. The summed E-state index contributed by atoms with van der Waals surface area (Å²) in [6.07, 6.45) is -3.83. The molecule has 3 aliphatic rings.